The monoisotopic (exact) mass is 445 g/mol. The van der Waals surface area contributed by atoms with Crippen LogP contribution in [0.25, 0.3) is 28.2 Å². The summed E-state index contributed by atoms with van der Waals surface area (Å²) in [7, 11) is 1.84. The molecule has 8 heteroatoms. The largest absolute Gasteiger partial charge is 0.373 e. The minimum Gasteiger partial charge on any atom is -0.373 e. The van der Waals surface area contributed by atoms with Crippen molar-refractivity contribution >= 4 is 17.3 Å². The molecule has 0 bridgehead atoms. The smallest absolute Gasteiger partial charge is 0.155 e. The highest BCUT2D eigenvalue weighted by Gasteiger charge is 2.22. The molecule has 170 valence electrons. The summed E-state index contributed by atoms with van der Waals surface area (Å²) in [6.07, 6.45) is 1.77. The summed E-state index contributed by atoms with van der Waals surface area (Å²) < 4.78 is 15.5. The van der Waals surface area contributed by atoms with Crippen molar-refractivity contribution in [1.82, 2.24) is 24.5 Å². The molecule has 4 aromatic rings. The van der Waals surface area contributed by atoms with Crippen molar-refractivity contribution in [3.63, 3.8) is 0 Å². The van der Waals surface area contributed by atoms with Crippen LogP contribution in [0.2, 0.25) is 0 Å². The number of hydrogen-bond acceptors (Lipinski definition) is 6. The van der Waals surface area contributed by atoms with Crippen LogP contribution in [0, 0.1) is 5.82 Å². The van der Waals surface area contributed by atoms with Crippen molar-refractivity contribution in [3.05, 3.63) is 60.5 Å². The van der Waals surface area contributed by atoms with Crippen LogP contribution in [-0.4, -0.2) is 63.8 Å². The molecule has 1 aliphatic heterocycles. The maximum absolute atomic E-state index is 13.6. The summed E-state index contributed by atoms with van der Waals surface area (Å²) in [5.74, 6) is 1.41. The second-order valence-electron chi connectivity index (χ2n) is 8.57. The Hall–Kier alpha value is -3.52. The van der Waals surface area contributed by atoms with Crippen molar-refractivity contribution in [2.75, 3.05) is 43.4 Å². The van der Waals surface area contributed by atoms with Crippen molar-refractivity contribution < 1.29 is 4.39 Å². The molecular formula is C25H28FN7. The van der Waals surface area contributed by atoms with E-state index in [1.54, 1.807) is 18.3 Å². The summed E-state index contributed by atoms with van der Waals surface area (Å²) in [5.41, 5.74) is 4.15. The van der Waals surface area contributed by atoms with Crippen LogP contribution in [-0.2, 0) is 0 Å². The molecule has 0 unspecified atom stereocenters. The zero-order valence-electron chi connectivity index (χ0n) is 19.2. The lowest BCUT2D eigenvalue weighted by molar-refractivity contribution is 0.209. The van der Waals surface area contributed by atoms with E-state index in [1.807, 2.05) is 35.8 Å². The summed E-state index contributed by atoms with van der Waals surface area (Å²) >= 11 is 0. The molecule has 7 nitrogen and oxygen atoms in total. The van der Waals surface area contributed by atoms with Crippen LogP contribution in [0.1, 0.15) is 13.8 Å². The van der Waals surface area contributed by atoms with E-state index in [-0.39, 0.29) is 5.82 Å². The van der Waals surface area contributed by atoms with Gasteiger partial charge in [-0.05, 0) is 62.4 Å². The number of piperazine rings is 1. The van der Waals surface area contributed by atoms with Crippen LogP contribution >= 0.6 is 0 Å². The lowest BCUT2D eigenvalue weighted by Gasteiger charge is -2.37. The minimum absolute atomic E-state index is 0.272. The summed E-state index contributed by atoms with van der Waals surface area (Å²) in [6, 6.07) is 15.0. The Morgan fingerprint density at radius 1 is 0.939 bits per heavy atom. The molecule has 5 rings (SSSR count). The van der Waals surface area contributed by atoms with E-state index in [0.29, 0.717) is 6.04 Å². The fourth-order valence-corrected chi connectivity index (χ4v) is 4.34. The fourth-order valence-electron chi connectivity index (χ4n) is 4.34. The molecule has 3 aromatic heterocycles. The Labute approximate surface area is 192 Å². The highest BCUT2D eigenvalue weighted by atomic mass is 19.1. The Morgan fingerprint density at radius 2 is 1.70 bits per heavy atom. The Kier molecular flexibility index (Phi) is 5.68. The van der Waals surface area contributed by atoms with Crippen molar-refractivity contribution in [2.24, 2.45) is 0 Å². The van der Waals surface area contributed by atoms with Crippen LogP contribution in [0.3, 0.4) is 0 Å². The predicted octanol–water partition coefficient (Wildman–Crippen LogP) is 4.17. The van der Waals surface area contributed by atoms with Gasteiger partial charge in [0.25, 0.3) is 0 Å². The molecule has 4 heterocycles. The third-order valence-electron chi connectivity index (χ3n) is 6.24. The van der Waals surface area contributed by atoms with Gasteiger partial charge in [-0.2, -0.15) is 0 Å². The first-order valence-electron chi connectivity index (χ1n) is 11.3. The van der Waals surface area contributed by atoms with E-state index in [4.69, 9.17) is 10.1 Å². The van der Waals surface area contributed by atoms with E-state index in [1.165, 1.54) is 12.1 Å². The van der Waals surface area contributed by atoms with Crippen LogP contribution < -0.4 is 10.2 Å². The normalized spacial score (nSPS) is 14.9. The lowest BCUT2D eigenvalue weighted by Crippen LogP contribution is -2.49. The molecule has 0 aliphatic carbocycles. The highest BCUT2D eigenvalue weighted by Crippen LogP contribution is 2.33. The molecule has 1 saturated heterocycles. The van der Waals surface area contributed by atoms with Gasteiger partial charge in [0.1, 0.15) is 23.1 Å². The average molecular weight is 446 g/mol. The number of imidazole rings is 1. The van der Waals surface area contributed by atoms with Gasteiger partial charge >= 0.3 is 0 Å². The number of rotatable bonds is 5. The Balaban J connectivity index is 1.62. The topological polar surface area (TPSA) is 61.6 Å². The first kappa shape index (κ1) is 21.3. The third-order valence-corrected chi connectivity index (χ3v) is 6.24. The second kappa shape index (κ2) is 8.78. The fraction of sp³-hybridized carbons (Fsp3) is 0.320. The number of benzene rings is 1. The Morgan fingerprint density at radius 3 is 2.39 bits per heavy atom. The van der Waals surface area contributed by atoms with Crippen LogP contribution in [0.5, 0.6) is 0 Å². The van der Waals surface area contributed by atoms with Crippen LogP contribution in [0.4, 0.5) is 16.0 Å². The zero-order valence-corrected chi connectivity index (χ0v) is 19.2. The minimum atomic E-state index is -0.272. The van der Waals surface area contributed by atoms with Gasteiger partial charge < -0.3 is 10.2 Å². The van der Waals surface area contributed by atoms with Crippen molar-refractivity contribution in [3.8, 4) is 22.5 Å². The number of pyridine rings is 1. The van der Waals surface area contributed by atoms with Gasteiger partial charge in [0.2, 0.25) is 0 Å². The van der Waals surface area contributed by atoms with Crippen molar-refractivity contribution in [1.29, 1.82) is 0 Å². The number of aromatic nitrogens is 4. The molecule has 1 N–H and O–H groups in total. The van der Waals surface area contributed by atoms with Gasteiger partial charge in [-0.1, -0.05) is 0 Å². The maximum atomic E-state index is 13.6. The lowest BCUT2D eigenvalue weighted by atomic mass is 10.1. The molecule has 1 aromatic carbocycles. The molecular weight excluding hydrogens is 417 g/mol. The number of fused-ring (bicyclic) bond motifs is 1. The summed E-state index contributed by atoms with van der Waals surface area (Å²) in [4.78, 5) is 14.0. The quantitative estimate of drug-likeness (QED) is 0.498. The Bertz CT molecular complexity index is 1260. The van der Waals surface area contributed by atoms with Gasteiger partial charge in [0, 0.05) is 56.6 Å². The number of nitrogens with one attached hydrogen (secondary N) is 1. The van der Waals surface area contributed by atoms with Crippen molar-refractivity contribution in [2.45, 2.75) is 19.9 Å². The molecule has 0 saturated carbocycles. The number of halogens is 1. The number of anilines is 2. The molecule has 0 spiro atoms. The standard InChI is InChI=1S/C25H28FN7/c1-17(2)31-12-14-32(15-13-31)23-9-8-22-29-24(18-4-6-20(26)7-5-18)25(33(22)30-23)19-10-11-28-21(16-19)27-3/h4-11,16-17H,12-15H2,1-3H3,(H,27,28). The van der Waals surface area contributed by atoms with Gasteiger partial charge in [0.15, 0.2) is 5.65 Å². The predicted molar refractivity (Wildman–Crippen MR) is 130 cm³/mol. The summed E-state index contributed by atoms with van der Waals surface area (Å²) in [5, 5.41) is 8.11. The van der Waals surface area contributed by atoms with E-state index in [2.05, 4.69) is 33.9 Å². The second-order valence-corrected chi connectivity index (χ2v) is 8.57. The zero-order chi connectivity index (χ0) is 22.9. The average Bonchev–Trinajstić information content (AvgIpc) is 3.23. The molecule has 0 radical (unpaired) electrons. The first-order valence-corrected chi connectivity index (χ1v) is 11.3. The SMILES string of the molecule is CNc1cc(-c2c(-c3ccc(F)cc3)nc3ccc(N4CCN(C(C)C)CC4)nn23)ccn1. The molecule has 1 aliphatic rings. The molecule has 0 amide bonds. The highest BCUT2D eigenvalue weighted by molar-refractivity contribution is 5.82. The van der Waals surface area contributed by atoms with E-state index in [0.717, 1.165) is 66.0 Å². The molecule has 33 heavy (non-hydrogen) atoms. The molecule has 1 fully saturated rings. The van der Waals surface area contributed by atoms with E-state index >= 15 is 0 Å². The van der Waals surface area contributed by atoms with Gasteiger partial charge in [0.05, 0.1) is 5.69 Å². The van der Waals surface area contributed by atoms with E-state index < -0.39 is 0 Å². The summed E-state index contributed by atoms with van der Waals surface area (Å²) in [6.45, 7) is 8.39. The maximum Gasteiger partial charge on any atom is 0.155 e. The van der Waals surface area contributed by atoms with Crippen LogP contribution in [0.15, 0.2) is 54.7 Å². The number of nitrogens with zero attached hydrogens (tertiary/aromatic N) is 6. The first-order chi connectivity index (χ1) is 16.0. The molecule has 0 atom stereocenters. The van der Waals surface area contributed by atoms with E-state index in [9.17, 15) is 4.39 Å². The third kappa shape index (κ3) is 4.14. The van der Waals surface area contributed by atoms with Gasteiger partial charge in [-0.3, -0.25) is 4.90 Å². The number of hydrogen-bond donors (Lipinski definition) is 1. The van der Waals surface area contributed by atoms with Gasteiger partial charge in [-0.15, -0.1) is 5.10 Å². The van der Waals surface area contributed by atoms with Gasteiger partial charge in [-0.25, -0.2) is 18.9 Å².